The highest BCUT2D eigenvalue weighted by atomic mass is 16.3. The molecule has 0 fully saturated rings. The van der Waals surface area contributed by atoms with Crippen molar-refractivity contribution in [3.8, 4) is 0 Å². The molecule has 0 saturated carbocycles. The predicted molar refractivity (Wildman–Crippen MR) is 37.1 cm³/mol. The van der Waals surface area contributed by atoms with Gasteiger partial charge >= 0.3 is 0 Å². The van der Waals surface area contributed by atoms with Crippen molar-refractivity contribution in [2.75, 3.05) is 0 Å². The van der Waals surface area contributed by atoms with Crippen LogP contribution in [0, 0.1) is 0 Å². The Hall–Kier alpha value is -0.820. The van der Waals surface area contributed by atoms with E-state index in [1.54, 1.807) is 6.92 Å². The van der Waals surface area contributed by atoms with Gasteiger partial charge in [0.15, 0.2) is 0 Å². The molecule has 48 valence electrons. The van der Waals surface area contributed by atoms with Crippen LogP contribution >= 0.6 is 0 Å². The maximum absolute atomic E-state index is 9.02. The smallest absolute Gasteiger partial charge is 0.0761 e. The number of benzene rings is 1. The average molecular weight is 128 g/mol. The number of aliphatic hydroxyl groups is 1. The van der Waals surface area contributed by atoms with Crippen LogP contribution in [0.2, 0.25) is 0 Å². The largest absolute Gasteiger partial charge is 0.389 e. The summed E-state index contributed by atoms with van der Waals surface area (Å²) in [4.78, 5) is 0. The van der Waals surface area contributed by atoms with E-state index in [4.69, 9.17) is 5.11 Å². The molecule has 0 aliphatic rings. The summed E-state index contributed by atoms with van der Waals surface area (Å²) in [6.07, 6.45) is -0.341. The molecule has 0 radical (unpaired) electrons. The van der Waals surface area contributed by atoms with E-state index in [1.807, 2.05) is 30.3 Å². The van der Waals surface area contributed by atoms with Gasteiger partial charge in [0.05, 0.1) is 6.10 Å². The first-order valence-electron chi connectivity index (χ1n) is 3.03. The van der Waals surface area contributed by atoms with Crippen molar-refractivity contribution >= 4 is 0 Å². The maximum atomic E-state index is 9.02. The van der Waals surface area contributed by atoms with E-state index in [0.717, 1.165) is 5.56 Å². The summed E-state index contributed by atoms with van der Waals surface area (Å²) in [6.45, 7) is 1.76. The normalized spacial score (nSPS) is 13.1. The number of hydrogen-bond acceptors (Lipinski definition) is 1. The van der Waals surface area contributed by atoms with Gasteiger partial charge in [-0.2, -0.15) is 0 Å². The fourth-order valence-corrected chi connectivity index (χ4v) is 0.732. The van der Waals surface area contributed by atoms with Crippen LogP contribution in [0.5, 0.6) is 0 Å². The van der Waals surface area contributed by atoms with Crippen LogP contribution in [-0.4, -0.2) is 5.11 Å². The molecular formula is C8H10O. The molecule has 1 heteroatoms. The Balaban J connectivity index is 2.85. The highest BCUT2D eigenvalue weighted by Gasteiger charge is 1.95. The third kappa shape index (κ3) is 1.54. The van der Waals surface area contributed by atoms with Crippen molar-refractivity contribution in [1.82, 2.24) is 0 Å². The number of hydrogen-bond donors (Lipinski definition) is 1. The molecule has 0 aliphatic carbocycles. The standard InChI is InChI=1S/C8H10O/c1-7(9)8-5-3-2-4-6-8/h2-7,9H,1H3/i2+1,3+1,4+1,5+1,6+1,8+1. The molecule has 0 aromatic heterocycles. The van der Waals surface area contributed by atoms with Gasteiger partial charge < -0.3 is 5.11 Å². The van der Waals surface area contributed by atoms with Gasteiger partial charge in [-0.25, -0.2) is 0 Å². The first-order chi connectivity index (χ1) is 4.30. The van der Waals surface area contributed by atoms with Crippen LogP contribution in [0.1, 0.15) is 18.6 Å². The summed E-state index contributed by atoms with van der Waals surface area (Å²) in [7, 11) is 0. The Labute approximate surface area is 55.0 Å². The second kappa shape index (κ2) is 2.65. The van der Waals surface area contributed by atoms with Crippen molar-refractivity contribution in [3.05, 3.63) is 35.9 Å². The fraction of sp³-hybridized carbons (Fsp3) is 0.250. The van der Waals surface area contributed by atoms with Gasteiger partial charge in [0, 0.05) is 0 Å². The topological polar surface area (TPSA) is 20.2 Å². The van der Waals surface area contributed by atoms with Gasteiger partial charge in [-0.1, -0.05) is 30.3 Å². The minimum absolute atomic E-state index is 0.341. The molecule has 1 aromatic rings. The van der Waals surface area contributed by atoms with E-state index in [-0.39, 0.29) is 6.10 Å². The zero-order valence-corrected chi connectivity index (χ0v) is 5.41. The molecule has 1 atom stereocenters. The molecule has 0 heterocycles. The molecule has 0 amide bonds. The van der Waals surface area contributed by atoms with Crippen molar-refractivity contribution in [2.24, 2.45) is 0 Å². The molecule has 0 aliphatic heterocycles. The molecule has 0 spiro atoms. The van der Waals surface area contributed by atoms with E-state index >= 15 is 0 Å². The van der Waals surface area contributed by atoms with Gasteiger partial charge in [0.2, 0.25) is 0 Å². The van der Waals surface area contributed by atoms with Crippen molar-refractivity contribution in [2.45, 2.75) is 13.0 Å². The van der Waals surface area contributed by atoms with Crippen molar-refractivity contribution in [1.29, 1.82) is 0 Å². The van der Waals surface area contributed by atoms with Crippen LogP contribution < -0.4 is 0 Å². The van der Waals surface area contributed by atoms with Crippen LogP contribution in [0.4, 0.5) is 0 Å². The second-order valence-corrected chi connectivity index (χ2v) is 2.09. The van der Waals surface area contributed by atoms with E-state index in [9.17, 15) is 0 Å². The Morgan fingerprint density at radius 2 is 1.78 bits per heavy atom. The van der Waals surface area contributed by atoms with Crippen LogP contribution in [0.3, 0.4) is 0 Å². The molecular weight excluding hydrogens is 118 g/mol. The molecule has 1 rings (SSSR count). The van der Waals surface area contributed by atoms with Crippen LogP contribution in [0.15, 0.2) is 30.3 Å². The quantitative estimate of drug-likeness (QED) is 0.610. The molecule has 1 N–H and O–H groups in total. The van der Waals surface area contributed by atoms with Gasteiger partial charge in [-0.15, -0.1) is 0 Å². The average Bonchev–Trinajstić information content (AvgIpc) is 1.90. The van der Waals surface area contributed by atoms with Crippen LogP contribution in [0.25, 0.3) is 0 Å². The van der Waals surface area contributed by atoms with Gasteiger partial charge in [-0.05, 0) is 12.5 Å². The van der Waals surface area contributed by atoms with Crippen molar-refractivity contribution < 1.29 is 5.11 Å². The van der Waals surface area contributed by atoms with Crippen molar-refractivity contribution in [3.63, 3.8) is 0 Å². The zero-order valence-electron chi connectivity index (χ0n) is 5.41. The minimum Gasteiger partial charge on any atom is -0.389 e. The molecule has 1 unspecified atom stereocenters. The van der Waals surface area contributed by atoms with Gasteiger partial charge in [0.1, 0.15) is 0 Å². The molecule has 0 bridgehead atoms. The Morgan fingerprint density at radius 3 is 2.11 bits per heavy atom. The highest BCUT2D eigenvalue weighted by Crippen LogP contribution is 2.08. The summed E-state index contributed by atoms with van der Waals surface area (Å²) in [5, 5.41) is 9.02. The van der Waals surface area contributed by atoms with E-state index in [1.165, 1.54) is 0 Å². The van der Waals surface area contributed by atoms with Gasteiger partial charge in [0.25, 0.3) is 0 Å². The van der Waals surface area contributed by atoms with E-state index < -0.39 is 0 Å². The second-order valence-electron chi connectivity index (χ2n) is 2.09. The maximum Gasteiger partial charge on any atom is 0.0761 e. The molecule has 1 aromatic carbocycles. The third-order valence-corrected chi connectivity index (χ3v) is 1.28. The summed E-state index contributed by atoms with van der Waals surface area (Å²) >= 11 is 0. The first kappa shape index (κ1) is 6.30. The predicted octanol–water partition coefficient (Wildman–Crippen LogP) is 1.74. The lowest BCUT2D eigenvalue weighted by molar-refractivity contribution is 0.199. The zero-order chi connectivity index (χ0) is 6.69. The highest BCUT2D eigenvalue weighted by molar-refractivity contribution is 5.16. The third-order valence-electron chi connectivity index (χ3n) is 1.28. The first-order valence-corrected chi connectivity index (χ1v) is 3.03. The van der Waals surface area contributed by atoms with E-state index in [2.05, 4.69) is 0 Å². The number of aliphatic hydroxyl groups excluding tert-OH is 1. The SMILES string of the molecule is CC(O)[13c]1[13cH][13cH][13cH][13cH][13cH]1. The molecule has 0 saturated heterocycles. The molecule has 1 nitrogen and oxygen atoms in total. The lowest BCUT2D eigenvalue weighted by Gasteiger charge is -2.00. The summed E-state index contributed by atoms with van der Waals surface area (Å²) in [5.74, 6) is 0. The summed E-state index contributed by atoms with van der Waals surface area (Å²) < 4.78 is 0. The fourth-order valence-electron chi connectivity index (χ4n) is 0.732. The molecule has 9 heavy (non-hydrogen) atoms. The Kier molecular flexibility index (Phi) is 1.85. The monoisotopic (exact) mass is 128 g/mol. The number of rotatable bonds is 1. The summed E-state index contributed by atoms with van der Waals surface area (Å²) in [6, 6.07) is 9.59. The van der Waals surface area contributed by atoms with E-state index in [0.29, 0.717) is 0 Å². The van der Waals surface area contributed by atoms with Crippen LogP contribution in [-0.2, 0) is 0 Å². The Bertz CT molecular complexity index is 167. The minimum atomic E-state index is -0.341. The lowest BCUT2D eigenvalue weighted by atomic mass is 10.6. The lowest BCUT2D eigenvalue weighted by Crippen LogP contribution is -1.87. The summed E-state index contributed by atoms with van der Waals surface area (Å²) in [5.41, 5.74) is 0.970. The Morgan fingerprint density at radius 1 is 1.22 bits per heavy atom. The van der Waals surface area contributed by atoms with Gasteiger partial charge in [-0.3, -0.25) is 0 Å².